The normalized spacial score (nSPS) is 11.6. The van der Waals surface area contributed by atoms with Gasteiger partial charge < -0.3 is 0 Å². The molecule has 0 amide bonds. The minimum atomic E-state index is -4.99. The second-order valence-electron chi connectivity index (χ2n) is 4.40. The van der Waals surface area contributed by atoms with Crippen LogP contribution in [0.2, 0.25) is 0 Å². The van der Waals surface area contributed by atoms with Crippen molar-refractivity contribution in [3.05, 3.63) is 59.4 Å². The lowest BCUT2D eigenvalue weighted by Crippen LogP contribution is -2.33. The molecule has 0 saturated heterocycles. The van der Waals surface area contributed by atoms with E-state index < -0.39 is 44.0 Å². The highest BCUT2D eigenvalue weighted by atomic mass is 32.2. The van der Waals surface area contributed by atoms with E-state index in [0.717, 1.165) is 0 Å². The van der Waals surface area contributed by atoms with E-state index >= 15 is 0 Å². The third-order valence-corrected chi connectivity index (χ3v) is 4.97. The number of nitrogens with zero attached hydrogens (tertiary/aromatic N) is 1. The molecule has 9 heteroatoms. The Morgan fingerprint density at radius 1 is 0.826 bits per heavy atom. The van der Waals surface area contributed by atoms with Crippen molar-refractivity contribution in [1.29, 1.82) is 0 Å². The van der Waals surface area contributed by atoms with Crippen molar-refractivity contribution in [3.63, 3.8) is 0 Å². The van der Waals surface area contributed by atoms with Crippen molar-refractivity contribution in [2.75, 3.05) is 10.8 Å². The van der Waals surface area contributed by atoms with Crippen molar-refractivity contribution in [1.82, 2.24) is 0 Å². The minimum Gasteiger partial charge on any atom is -0.266 e. The number of hydrogen-bond donors (Lipinski definition) is 0. The van der Waals surface area contributed by atoms with Crippen LogP contribution in [0.25, 0.3) is 0 Å². The van der Waals surface area contributed by atoms with Crippen LogP contribution in [0.5, 0.6) is 0 Å². The van der Waals surface area contributed by atoms with Crippen LogP contribution >= 0.6 is 0 Å². The molecule has 2 aromatic carbocycles. The zero-order chi connectivity index (χ0) is 17.4. The molecule has 0 N–H and O–H groups in total. The molecule has 0 fully saturated rings. The predicted octanol–water partition coefficient (Wildman–Crippen LogP) is 3.60. The van der Waals surface area contributed by atoms with Gasteiger partial charge in [-0.05, 0) is 19.1 Å². The summed E-state index contributed by atoms with van der Waals surface area (Å²) in [6.07, 6.45) is 0. The maximum Gasteiger partial charge on any atom is 0.270 e. The summed E-state index contributed by atoms with van der Waals surface area (Å²) < 4.78 is 92.5. The average Bonchev–Trinajstić information content (AvgIpc) is 2.52. The lowest BCUT2D eigenvalue weighted by molar-refractivity contribution is 0.357. The monoisotopic (exact) mass is 351 g/mol. The van der Waals surface area contributed by atoms with Gasteiger partial charge in [0.1, 0.15) is 0 Å². The molecule has 0 aromatic heterocycles. The molecule has 2 aromatic rings. The smallest absolute Gasteiger partial charge is 0.266 e. The summed E-state index contributed by atoms with van der Waals surface area (Å²) in [4.78, 5) is -1.88. The molecule has 124 valence electrons. The number of rotatable bonds is 4. The SMILES string of the molecule is CCN(c1ccccc1)S(=O)(=O)c1c(F)c(F)c(F)c(F)c1F. The van der Waals surface area contributed by atoms with E-state index in [1.165, 1.54) is 31.2 Å². The zero-order valence-electron chi connectivity index (χ0n) is 11.7. The number of hydrogen-bond acceptors (Lipinski definition) is 2. The van der Waals surface area contributed by atoms with E-state index in [1.807, 2.05) is 0 Å². The predicted molar refractivity (Wildman–Crippen MR) is 72.9 cm³/mol. The van der Waals surface area contributed by atoms with Gasteiger partial charge >= 0.3 is 0 Å². The first kappa shape index (κ1) is 17.2. The first-order valence-corrected chi connectivity index (χ1v) is 7.76. The van der Waals surface area contributed by atoms with Crippen LogP contribution in [0.1, 0.15) is 6.92 Å². The van der Waals surface area contributed by atoms with Gasteiger partial charge in [-0.15, -0.1) is 0 Å². The molecule has 23 heavy (non-hydrogen) atoms. The summed E-state index contributed by atoms with van der Waals surface area (Å²) in [5.74, 6) is -11.8. The van der Waals surface area contributed by atoms with Gasteiger partial charge in [-0.2, -0.15) is 0 Å². The first-order valence-electron chi connectivity index (χ1n) is 6.32. The molecule has 0 radical (unpaired) electrons. The Bertz CT molecular complexity index is 811. The van der Waals surface area contributed by atoms with E-state index in [1.54, 1.807) is 6.07 Å². The van der Waals surface area contributed by atoms with E-state index in [9.17, 15) is 30.4 Å². The second kappa shape index (κ2) is 6.15. The topological polar surface area (TPSA) is 37.4 Å². The van der Waals surface area contributed by atoms with E-state index in [4.69, 9.17) is 0 Å². The quantitative estimate of drug-likeness (QED) is 0.480. The number of para-hydroxylation sites is 1. The molecular formula is C14H10F5NO2S. The summed E-state index contributed by atoms with van der Waals surface area (Å²) >= 11 is 0. The Morgan fingerprint density at radius 2 is 1.26 bits per heavy atom. The molecule has 0 aliphatic carbocycles. The van der Waals surface area contributed by atoms with Crippen LogP contribution in [0, 0.1) is 29.1 Å². The van der Waals surface area contributed by atoms with Gasteiger partial charge in [0.25, 0.3) is 10.0 Å². The van der Waals surface area contributed by atoms with Crippen molar-refractivity contribution in [2.45, 2.75) is 11.8 Å². The van der Waals surface area contributed by atoms with Gasteiger partial charge in [-0.25, -0.2) is 30.4 Å². The Balaban J connectivity index is 2.74. The minimum absolute atomic E-state index is 0.0268. The van der Waals surface area contributed by atoms with Crippen molar-refractivity contribution in [3.8, 4) is 0 Å². The number of sulfonamides is 1. The van der Waals surface area contributed by atoms with Crippen molar-refractivity contribution in [2.24, 2.45) is 0 Å². The van der Waals surface area contributed by atoms with Gasteiger partial charge in [0.05, 0.1) is 5.69 Å². The Morgan fingerprint density at radius 3 is 1.70 bits per heavy atom. The lowest BCUT2D eigenvalue weighted by Gasteiger charge is -2.23. The first-order chi connectivity index (χ1) is 10.7. The van der Waals surface area contributed by atoms with Crippen LogP contribution in [-0.4, -0.2) is 15.0 Å². The Kier molecular flexibility index (Phi) is 4.60. The summed E-state index contributed by atoms with van der Waals surface area (Å²) in [6.45, 7) is 1.09. The molecular weight excluding hydrogens is 341 g/mol. The van der Waals surface area contributed by atoms with Crippen LogP contribution in [-0.2, 0) is 10.0 Å². The van der Waals surface area contributed by atoms with Crippen LogP contribution in [0.3, 0.4) is 0 Å². The third kappa shape index (κ3) is 2.76. The Hall–Kier alpha value is -2.16. The highest BCUT2D eigenvalue weighted by Crippen LogP contribution is 2.31. The fraction of sp³-hybridized carbons (Fsp3) is 0.143. The standard InChI is InChI=1S/C14H10F5NO2S/c1-2-20(8-6-4-3-5-7-8)23(21,22)14-12(18)10(16)9(15)11(17)13(14)19/h3-7H,2H2,1H3. The molecule has 2 rings (SSSR count). The summed E-state index contributed by atoms with van der Waals surface area (Å²) in [7, 11) is -4.99. The van der Waals surface area contributed by atoms with Crippen LogP contribution in [0.4, 0.5) is 27.6 Å². The van der Waals surface area contributed by atoms with Gasteiger partial charge in [0.2, 0.25) is 5.82 Å². The summed E-state index contributed by atoms with van der Waals surface area (Å²) in [5, 5.41) is 0. The van der Waals surface area contributed by atoms with E-state index in [0.29, 0.717) is 4.31 Å². The van der Waals surface area contributed by atoms with Crippen LogP contribution < -0.4 is 4.31 Å². The average molecular weight is 351 g/mol. The number of benzene rings is 2. The second-order valence-corrected chi connectivity index (χ2v) is 6.20. The highest BCUT2D eigenvalue weighted by Gasteiger charge is 2.36. The zero-order valence-corrected chi connectivity index (χ0v) is 12.5. The van der Waals surface area contributed by atoms with Crippen LogP contribution in [0.15, 0.2) is 35.2 Å². The van der Waals surface area contributed by atoms with E-state index in [-0.39, 0.29) is 12.2 Å². The van der Waals surface area contributed by atoms with E-state index in [2.05, 4.69) is 0 Å². The molecule has 0 aliphatic heterocycles. The molecule has 0 aliphatic rings. The number of halogens is 5. The van der Waals surface area contributed by atoms with Gasteiger partial charge in [-0.1, -0.05) is 18.2 Å². The third-order valence-electron chi connectivity index (χ3n) is 3.05. The molecule has 0 bridgehead atoms. The molecule has 0 heterocycles. The lowest BCUT2D eigenvalue weighted by atomic mass is 10.3. The van der Waals surface area contributed by atoms with Crippen molar-refractivity contribution >= 4 is 15.7 Å². The molecule has 0 spiro atoms. The molecule has 0 atom stereocenters. The summed E-state index contributed by atoms with van der Waals surface area (Å²) in [5.41, 5.74) is 0.0268. The highest BCUT2D eigenvalue weighted by molar-refractivity contribution is 7.92. The van der Waals surface area contributed by atoms with Gasteiger partial charge in [0.15, 0.2) is 28.2 Å². The fourth-order valence-electron chi connectivity index (χ4n) is 2.01. The Labute approximate surface area is 129 Å². The molecule has 3 nitrogen and oxygen atoms in total. The maximum absolute atomic E-state index is 13.8. The van der Waals surface area contributed by atoms with Gasteiger partial charge in [0, 0.05) is 6.54 Å². The van der Waals surface area contributed by atoms with Crippen molar-refractivity contribution < 1.29 is 30.4 Å². The largest absolute Gasteiger partial charge is 0.270 e. The summed E-state index contributed by atoms with van der Waals surface area (Å²) in [6, 6.07) is 7.15. The number of anilines is 1. The fourth-order valence-corrected chi connectivity index (χ4v) is 3.60. The van der Waals surface area contributed by atoms with Gasteiger partial charge in [-0.3, -0.25) is 4.31 Å². The maximum atomic E-state index is 13.8. The molecule has 0 saturated carbocycles. The molecule has 0 unspecified atom stereocenters.